The highest BCUT2D eigenvalue weighted by Crippen LogP contribution is 2.40. The number of fused-ring (bicyclic) bond motifs is 1. The number of carbonyl (C=O) groups is 1. The highest BCUT2D eigenvalue weighted by molar-refractivity contribution is 6.00. The van der Waals surface area contributed by atoms with Crippen molar-refractivity contribution >= 4 is 5.91 Å². The number of nitrogens with zero attached hydrogens (tertiary/aromatic N) is 2. The van der Waals surface area contributed by atoms with E-state index in [1.54, 1.807) is 36.7 Å². The van der Waals surface area contributed by atoms with E-state index in [0.29, 0.717) is 23.5 Å². The van der Waals surface area contributed by atoms with Crippen molar-refractivity contribution in [3.8, 4) is 0 Å². The molecule has 0 radical (unpaired) electrons. The van der Waals surface area contributed by atoms with Crippen LogP contribution in [0.5, 0.6) is 0 Å². The molecule has 3 rings (SSSR count). The molecule has 5 nitrogen and oxygen atoms in total. The molecule has 1 aliphatic heterocycles. The molecule has 1 unspecified atom stereocenters. The molecule has 5 heteroatoms. The van der Waals surface area contributed by atoms with Crippen molar-refractivity contribution in [2.45, 2.75) is 12.6 Å². The average molecular weight is 243 g/mol. The molecule has 0 saturated heterocycles. The number of aliphatic hydroxyl groups is 1. The molecule has 18 heavy (non-hydrogen) atoms. The first-order valence-corrected chi connectivity index (χ1v) is 5.83. The third kappa shape index (κ3) is 1.19. The third-order valence-corrected chi connectivity index (χ3v) is 3.31. The predicted molar refractivity (Wildman–Crippen MR) is 64.7 cm³/mol. The van der Waals surface area contributed by atoms with E-state index in [9.17, 15) is 9.90 Å². The highest BCUT2D eigenvalue weighted by atomic mass is 16.3. The maximum atomic E-state index is 12.3. The Hall–Kier alpha value is -2.14. The molecular weight excluding hydrogens is 230 g/mol. The van der Waals surface area contributed by atoms with Crippen LogP contribution in [0.3, 0.4) is 0 Å². The van der Waals surface area contributed by atoms with Crippen molar-refractivity contribution in [3.05, 3.63) is 53.6 Å². The van der Waals surface area contributed by atoms with Crippen LogP contribution in [0.15, 0.2) is 36.7 Å². The average Bonchev–Trinajstić information content (AvgIpc) is 2.99. The number of imidazole rings is 1. The van der Waals surface area contributed by atoms with E-state index in [1.165, 1.54) is 4.90 Å². The van der Waals surface area contributed by atoms with Crippen molar-refractivity contribution in [1.82, 2.24) is 14.9 Å². The number of hydrogen-bond acceptors (Lipinski definition) is 3. The zero-order chi connectivity index (χ0) is 12.8. The molecule has 1 aromatic heterocycles. The quantitative estimate of drug-likeness (QED) is 0.829. The molecule has 92 valence electrons. The Bertz CT molecular complexity index is 594. The molecule has 1 amide bonds. The molecule has 2 N–H and O–H groups in total. The smallest absolute Gasteiger partial charge is 0.257 e. The van der Waals surface area contributed by atoms with Crippen LogP contribution in [0, 0.1) is 0 Å². The van der Waals surface area contributed by atoms with E-state index >= 15 is 0 Å². The molecule has 0 fully saturated rings. The number of H-pyrrole nitrogens is 1. The number of carbonyl (C=O) groups excluding carboxylic acids is 1. The summed E-state index contributed by atoms with van der Waals surface area (Å²) in [6.07, 6.45) is 3.19. The fraction of sp³-hybridized carbons (Fsp3) is 0.231. The zero-order valence-electron chi connectivity index (χ0n) is 9.92. The molecule has 1 aromatic carbocycles. The number of rotatable bonds is 2. The second-order valence-corrected chi connectivity index (χ2v) is 4.20. The molecule has 1 atom stereocenters. The lowest BCUT2D eigenvalue weighted by Crippen LogP contribution is -2.45. The summed E-state index contributed by atoms with van der Waals surface area (Å²) < 4.78 is 0. The van der Waals surface area contributed by atoms with Crippen LogP contribution in [-0.4, -0.2) is 32.4 Å². The van der Waals surface area contributed by atoms with Gasteiger partial charge in [0.1, 0.15) is 0 Å². The Labute approximate surface area is 104 Å². The SMILES string of the molecule is CCN1C(=O)c2ccccc2C1(O)c1ncc[nH]1. The van der Waals surface area contributed by atoms with Crippen molar-refractivity contribution in [3.63, 3.8) is 0 Å². The van der Waals surface area contributed by atoms with Gasteiger partial charge in [-0.2, -0.15) is 0 Å². The summed E-state index contributed by atoms with van der Waals surface area (Å²) in [5.41, 5.74) is -0.392. The predicted octanol–water partition coefficient (Wildman–Crippen LogP) is 1.08. The van der Waals surface area contributed by atoms with Crippen LogP contribution in [0.1, 0.15) is 28.7 Å². The van der Waals surface area contributed by atoms with Gasteiger partial charge >= 0.3 is 0 Å². The van der Waals surface area contributed by atoms with Gasteiger partial charge in [-0.25, -0.2) is 4.98 Å². The first-order valence-electron chi connectivity index (χ1n) is 5.83. The lowest BCUT2D eigenvalue weighted by Gasteiger charge is -2.31. The maximum Gasteiger partial charge on any atom is 0.257 e. The summed E-state index contributed by atoms with van der Waals surface area (Å²) in [4.78, 5) is 20.7. The van der Waals surface area contributed by atoms with Crippen LogP contribution in [0.25, 0.3) is 0 Å². The van der Waals surface area contributed by atoms with Crippen molar-refractivity contribution in [2.24, 2.45) is 0 Å². The lowest BCUT2D eigenvalue weighted by atomic mass is 10.0. The van der Waals surface area contributed by atoms with Crippen LogP contribution >= 0.6 is 0 Å². The molecule has 1 aliphatic rings. The molecule has 2 aromatic rings. The Morgan fingerprint density at radius 3 is 2.89 bits per heavy atom. The van der Waals surface area contributed by atoms with Gasteiger partial charge in [-0.15, -0.1) is 0 Å². The third-order valence-electron chi connectivity index (χ3n) is 3.31. The van der Waals surface area contributed by atoms with Gasteiger partial charge in [0.15, 0.2) is 5.82 Å². The van der Waals surface area contributed by atoms with E-state index in [4.69, 9.17) is 0 Å². The molecule has 0 spiro atoms. The van der Waals surface area contributed by atoms with Crippen LogP contribution in [0.2, 0.25) is 0 Å². The standard InChI is InChI=1S/C13H13N3O2/c1-2-16-11(17)9-5-3-4-6-10(9)13(16,18)12-14-7-8-15-12/h3-8,18H,2H2,1H3,(H,14,15). The second kappa shape index (κ2) is 3.68. The number of benzene rings is 1. The molecule has 0 aliphatic carbocycles. The number of nitrogens with one attached hydrogen (secondary N) is 1. The van der Waals surface area contributed by atoms with Crippen LogP contribution < -0.4 is 0 Å². The molecule has 0 bridgehead atoms. The summed E-state index contributed by atoms with van der Waals surface area (Å²) in [7, 11) is 0. The van der Waals surface area contributed by atoms with E-state index in [-0.39, 0.29) is 5.91 Å². The van der Waals surface area contributed by atoms with Gasteiger partial charge < -0.3 is 15.0 Å². The summed E-state index contributed by atoms with van der Waals surface area (Å²) in [5, 5.41) is 10.9. The minimum absolute atomic E-state index is 0.174. The molecular formula is C13H13N3O2. The van der Waals surface area contributed by atoms with E-state index in [2.05, 4.69) is 9.97 Å². The fourth-order valence-corrected chi connectivity index (χ4v) is 2.50. The number of aromatic nitrogens is 2. The molecule has 2 heterocycles. The fourth-order valence-electron chi connectivity index (χ4n) is 2.50. The molecule has 0 saturated carbocycles. The number of aromatic amines is 1. The van der Waals surface area contributed by atoms with Gasteiger partial charge in [0.25, 0.3) is 5.91 Å². The first kappa shape index (κ1) is 11.0. The van der Waals surface area contributed by atoms with Gasteiger partial charge in [0.05, 0.1) is 0 Å². The van der Waals surface area contributed by atoms with Crippen molar-refractivity contribution in [2.75, 3.05) is 6.54 Å². The van der Waals surface area contributed by atoms with Gasteiger partial charge in [-0.1, -0.05) is 18.2 Å². The topological polar surface area (TPSA) is 69.2 Å². The van der Waals surface area contributed by atoms with Gasteiger partial charge in [0, 0.05) is 30.1 Å². The second-order valence-electron chi connectivity index (χ2n) is 4.20. The first-order chi connectivity index (χ1) is 8.69. The van der Waals surface area contributed by atoms with E-state index < -0.39 is 5.72 Å². The van der Waals surface area contributed by atoms with E-state index in [1.807, 2.05) is 6.92 Å². The van der Waals surface area contributed by atoms with Crippen molar-refractivity contribution < 1.29 is 9.90 Å². The van der Waals surface area contributed by atoms with Crippen molar-refractivity contribution in [1.29, 1.82) is 0 Å². The summed E-state index contributed by atoms with van der Waals surface area (Å²) >= 11 is 0. The number of amides is 1. The van der Waals surface area contributed by atoms with E-state index in [0.717, 1.165) is 0 Å². The minimum atomic E-state index is -1.49. The van der Waals surface area contributed by atoms with Gasteiger partial charge in [-0.05, 0) is 13.0 Å². The van der Waals surface area contributed by atoms with Gasteiger partial charge in [-0.3, -0.25) is 4.79 Å². The lowest BCUT2D eigenvalue weighted by molar-refractivity contribution is -0.0534. The van der Waals surface area contributed by atoms with Crippen LogP contribution in [0.4, 0.5) is 0 Å². The summed E-state index contributed by atoms with van der Waals surface area (Å²) in [6, 6.07) is 7.07. The largest absolute Gasteiger partial charge is 0.361 e. The van der Waals surface area contributed by atoms with Crippen LogP contribution in [-0.2, 0) is 5.72 Å². The maximum absolute atomic E-state index is 12.3. The van der Waals surface area contributed by atoms with Gasteiger partial charge in [0.2, 0.25) is 5.72 Å². The Kier molecular flexibility index (Phi) is 2.24. The highest BCUT2D eigenvalue weighted by Gasteiger charge is 2.50. The summed E-state index contributed by atoms with van der Waals surface area (Å²) in [6.45, 7) is 2.24. The zero-order valence-corrected chi connectivity index (χ0v) is 9.92. The monoisotopic (exact) mass is 243 g/mol. The Morgan fingerprint density at radius 1 is 1.44 bits per heavy atom. The minimum Gasteiger partial charge on any atom is -0.361 e. The summed E-state index contributed by atoms with van der Waals surface area (Å²) in [5.74, 6) is 0.189. The normalized spacial score (nSPS) is 22.3. The Morgan fingerprint density at radius 2 is 2.22 bits per heavy atom. The number of hydrogen-bond donors (Lipinski definition) is 2. The Balaban J connectivity index is 2.27.